The molecule has 0 fully saturated rings. The molecule has 2 atom stereocenters. The minimum Gasteiger partial charge on any atom is -0.307 e. The number of para-hydroxylation sites is 1. The van der Waals surface area contributed by atoms with E-state index in [9.17, 15) is 14.0 Å². The maximum absolute atomic E-state index is 13.2. The summed E-state index contributed by atoms with van der Waals surface area (Å²) in [4.78, 5) is 27.4. The molecule has 2 unspecified atom stereocenters. The Labute approximate surface area is 162 Å². The van der Waals surface area contributed by atoms with Crippen molar-refractivity contribution < 1.29 is 9.18 Å². The number of carbonyl (C=O) groups is 1. The third-order valence-corrected chi connectivity index (χ3v) is 5.13. The van der Waals surface area contributed by atoms with E-state index in [1.807, 2.05) is 31.2 Å². The Bertz CT molecular complexity index is 1090. The predicted octanol–water partition coefficient (Wildman–Crippen LogP) is 3.59. The van der Waals surface area contributed by atoms with Gasteiger partial charge in [-0.05, 0) is 62.2 Å². The maximum Gasteiger partial charge on any atom is 0.267 e. The molecule has 0 aliphatic carbocycles. The average Bonchev–Trinajstić information content (AvgIpc) is 3.03. The first-order valence-corrected chi connectivity index (χ1v) is 9.22. The van der Waals surface area contributed by atoms with Gasteiger partial charge in [-0.3, -0.25) is 9.59 Å². The van der Waals surface area contributed by atoms with E-state index >= 15 is 0 Å². The zero-order valence-corrected chi connectivity index (χ0v) is 15.7. The molecule has 0 spiro atoms. The van der Waals surface area contributed by atoms with Crippen LogP contribution in [0, 0.1) is 5.82 Å². The monoisotopic (exact) mass is 377 g/mol. The molecule has 5 nitrogen and oxygen atoms in total. The highest BCUT2D eigenvalue weighted by atomic mass is 19.1. The fraction of sp³-hybridized carbons (Fsp3) is 0.227. The molecule has 0 saturated heterocycles. The number of fused-ring (bicyclic) bond motifs is 1. The minimum absolute atomic E-state index is 0.0170. The average molecular weight is 377 g/mol. The Hall–Kier alpha value is -3.28. The van der Waals surface area contributed by atoms with E-state index in [1.54, 1.807) is 30.0 Å². The molecule has 1 aromatic heterocycles. The normalized spacial score (nSPS) is 16.7. The highest BCUT2D eigenvalue weighted by molar-refractivity contribution is 5.98. The number of amides is 1. The number of rotatable bonds is 3. The molecular formula is C22H20FN3O2. The summed E-state index contributed by atoms with van der Waals surface area (Å²) in [7, 11) is 0. The summed E-state index contributed by atoms with van der Waals surface area (Å²) in [5.74, 6) is -0.523. The van der Waals surface area contributed by atoms with Crippen molar-refractivity contribution in [1.82, 2.24) is 9.78 Å². The molecule has 4 rings (SSSR count). The van der Waals surface area contributed by atoms with E-state index in [2.05, 4.69) is 5.10 Å². The molecule has 1 amide bonds. The highest BCUT2D eigenvalue weighted by Gasteiger charge is 2.34. The quantitative estimate of drug-likeness (QED) is 0.701. The fourth-order valence-corrected chi connectivity index (χ4v) is 3.68. The second-order valence-electron chi connectivity index (χ2n) is 7.07. The molecule has 142 valence electrons. The van der Waals surface area contributed by atoms with Crippen LogP contribution >= 0.6 is 0 Å². The maximum atomic E-state index is 13.2. The molecule has 2 aromatic carbocycles. The lowest BCUT2D eigenvalue weighted by molar-refractivity contribution is -0.121. The number of hydrogen-bond acceptors (Lipinski definition) is 3. The summed E-state index contributed by atoms with van der Waals surface area (Å²) in [5, 5.41) is 4.38. The largest absolute Gasteiger partial charge is 0.307 e. The summed E-state index contributed by atoms with van der Waals surface area (Å²) in [6.45, 7) is 3.68. The Kier molecular flexibility index (Phi) is 4.55. The van der Waals surface area contributed by atoms with E-state index in [4.69, 9.17) is 0 Å². The van der Waals surface area contributed by atoms with Crippen molar-refractivity contribution in [3.63, 3.8) is 0 Å². The number of nitrogens with zero attached hydrogens (tertiary/aromatic N) is 3. The van der Waals surface area contributed by atoms with Crippen LogP contribution in [0.2, 0.25) is 0 Å². The lowest BCUT2D eigenvalue weighted by atomic mass is 10.1. The van der Waals surface area contributed by atoms with Crippen LogP contribution in [0.3, 0.4) is 0 Å². The topological polar surface area (TPSA) is 55.2 Å². The van der Waals surface area contributed by atoms with Gasteiger partial charge in [0.15, 0.2) is 0 Å². The molecule has 0 saturated carbocycles. The smallest absolute Gasteiger partial charge is 0.267 e. The first-order valence-electron chi connectivity index (χ1n) is 9.22. The predicted molar refractivity (Wildman–Crippen MR) is 106 cm³/mol. The van der Waals surface area contributed by atoms with Crippen LogP contribution in [-0.2, 0) is 11.2 Å². The molecule has 6 heteroatoms. The van der Waals surface area contributed by atoms with Crippen molar-refractivity contribution >= 4 is 11.6 Å². The van der Waals surface area contributed by atoms with Gasteiger partial charge in [-0.15, -0.1) is 0 Å². The van der Waals surface area contributed by atoms with Gasteiger partial charge in [0.2, 0.25) is 0 Å². The van der Waals surface area contributed by atoms with Crippen molar-refractivity contribution in [3.8, 4) is 11.3 Å². The van der Waals surface area contributed by atoms with Gasteiger partial charge in [-0.1, -0.05) is 18.2 Å². The van der Waals surface area contributed by atoms with Crippen LogP contribution in [0.4, 0.5) is 10.1 Å². The van der Waals surface area contributed by atoms with Crippen LogP contribution in [0.5, 0.6) is 0 Å². The zero-order valence-electron chi connectivity index (χ0n) is 15.7. The van der Waals surface area contributed by atoms with Gasteiger partial charge in [0, 0.05) is 23.4 Å². The molecular weight excluding hydrogens is 357 g/mol. The van der Waals surface area contributed by atoms with Crippen molar-refractivity contribution in [3.05, 3.63) is 82.4 Å². The Balaban J connectivity index is 1.69. The molecule has 28 heavy (non-hydrogen) atoms. The van der Waals surface area contributed by atoms with E-state index in [-0.39, 0.29) is 23.3 Å². The number of hydrogen-bond donors (Lipinski definition) is 0. The summed E-state index contributed by atoms with van der Waals surface area (Å²) in [6, 6.07) is 15.9. The van der Waals surface area contributed by atoms with Crippen molar-refractivity contribution in [2.75, 3.05) is 4.90 Å². The summed E-state index contributed by atoms with van der Waals surface area (Å²) in [5.41, 5.74) is 2.83. The van der Waals surface area contributed by atoms with Gasteiger partial charge in [0.05, 0.1) is 5.69 Å². The van der Waals surface area contributed by atoms with Gasteiger partial charge in [-0.2, -0.15) is 5.10 Å². The number of carbonyl (C=O) groups excluding carboxylic acids is 1. The second kappa shape index (κ2) is 7.03. The molecule has 1 aliphatic heterocycles. The zero-order chi connectivity index (χ0) is 19.8. The lowest BCUT2D eigenvalue weighted by Crippen LogP contribution is -2.42. The second-order valence-corrected chi connectivity index (χ2v) is 7.07. The molecule has 0 N–H and O–H groups in total. The van der Waals surface area contributed by atoms with Crippen LogP contribution in [0.15, 0.2) is 65.5 Å². The van der Waals surface area contributed by atoms with E-state index in [0.717, 1.165) is 17.7 Å². The molecule has 0 bridgehead atoms. The summed E-state index contributed by atoms with van der Waals surface area (Å²) < 4.78 is 14.4. The van der Waals surface area contributed by atoms with Gasteiger partial charge >= 0.3 is 0 Å². The van der Waals surface area contributed by atoms with Gasteiger partial charge in [-0.25, -0.2) is 9.07 Å². The van der Waals surface area contributed by atoms with Crippen molar-refractivity contribution in [1.29, 1.82) is 0 Å². The van der Waals surface area contributed by atoms with Crippen molar-refractivity contribution in [2.24, 2.45) is 0 Å². The Morgan fingerprint density at radius 2 is 1.82 bits per heavy atom. The number of benzene rings is 2. The van der Waals surface area contributed by atoms with Gasteiger partial charge < -0.3 is 4.90 Å². The molecule has 0 radical (unpaired) electrons. The standard InChI is InChI=1S/C22H20FN3O2/c1-14-13-17-5-3-4-6-20(17)25(14)22(28)15(2)26-21(27)12-11-19(24-26)16-7-9-18(23)10-8-16/h3-12,14-15H,13H2,1-2H3. The van der Waals surface area contributed by atoms with E-state index < -0.39 is 6.04 Å². The van der Waals surface area contributed by atoms with Crippen LogP contribution in [0.1, 0.15) is 25.5 Å². The third kappa shape index (κ3) is 3.11. The Morgan fingerprint density at radius 1 is 1.11 bits per heavy atom. The van der Waals surface area contributed by atoms with Gasteiger partial charge in [0.1, 0.15) is 11.9 Å². The highest BCUT2D eigenvalue weighted by Crippen LogP contribution is 2.33. The van der Waals surface area contributed by atoms with Gasteiger partial charge in [0.25, 0.3) is 11.5 Å². The minimum atomic E-state index is -0.762. The SMILES string of the molecule is CC1Cc2ccccc2N1C(=O)C(C)n1nc(-c2ccc(F)cc2)ccc1=O. The molecule has 3 aromatic rings. The molecule has 1 aliphatic rings. The Morgan fingerprint density at radius 3 is 2.57 bits per heavy atom. The fourth-order valence-electron chi connectivity index (χ4n) is 3.68. The van der Waals surface area contributed by atoms with E-state index in [0.29, 0.717) is 11.3 Å². The lowest BCUT2D eigenvalue weighted by Gasteiger charge is -2.26. The van der Waals surface area contributed by atoms with Crippen molar-refractivity contribution in [2.45, 2.75) is 32.4 Å². The summed E-state index contributed by atoms with van der Waals surface area (Å²) >= 11 is 0. The summed E-state index contributed by atoms with van der Waals surface area (Å²) in [6.07, 6.45) is 0.784. The first kappa shape index (κ1) is 18.1. The van der Waals surface area contributed by atoms with Crippen LogP contribution < -0.4 is 10.5 Å². The number of anilines is 1. The number of aromatic nitrogens is 2. The van der Waals surface area contributed by atoms with E-state index in [1.165, 1.54) is 22.9 Å². The molecule has 2 heterocycles. The third-order valence-electron chi connectivity index (χ3n) is 5.13. The van der Waals surface area contributed by atoms with Crippen LogP contribution in [-0.4, -0.2) is 21.7 Å². The first-order chi connectivity index (χ1) is 13.5. The number of halogens is 1. The van der Waals surface area contributed by atoms with Crippen LogP contribution in [0.25, 0.3) is 11.3 Å².